The van der Waals surface area contributed by atoms with Gasteiger partial charge in [-0.05, 0) is 162 Å². The first kappa shape index (κ1) is 34.6. The summed E-state index contributed by atoms with van der Waals surface area (Å²) in [6.07, 6.45) is 19.6. The molecule has 0 heterocycles. The second-order valence-corrected chi connectivity index (χ2v) is 20.2. The molecule has 48 heavy (non-hydrogen) atoms. The minimum absolute atomic E-state index is 0.0985. The molecule has 4 bridgehead atoms. The molecule has 0 aromatic carbocycles. The summed E-state index contributed by atoms with van der Waals surface area (Å²) in [4.78, 5) is 25.2. The number of nitrogens with two attached hydrogens (primary N) is 2. The number of hydrazine groups is 1. The van der Waals surface area contributed by atoms with Crippen molar-refractivity contribution in [3.8, 4) is 0 Å². The quantitative estimate of drug-likeness (QED) is 0.176. The van der Waals surface area contributed by atoms with E-state index in [1.807, 2.05) is 13.8 Å². The van der Waals surface area contributed by atoms with E-state index in [0.717, 1.165) is 77.0 Å². The first-order chi connectivity index (χ1) is 22.5. The molecule has 0 unspecified atom stereocenters. The number of fused-ring (bicyclic) bond motifs is 6. The molecule has 0 radical (unpaired) electrons. The first-order valence-electron chi connectivity index (χ1n) is 19.4. The first-order valence-corrected chi connectivity index (χ1v) is 19.4. The highest BCUT2D eigenvalue weighted by molar-refractivity contribution is 5.96. The number of rotatable bonds is 3. The van der Waals surface area contributed by atoms with E-state index in [1.54, 1.807) is 0 Å². The number of hydrogen-bond acceptors (Lipinski definition) is 6. The fraction of sp³-hybridized carbons (Fsp3) is 0.900. The monoisotopic (exact) mass is 664 g/mol. The zero-order chi connectivity index (χ0) is 34.8. The molecule has 6 N–H and O–H groups in total. The fourth-order valence-electron chi connectivity index (χ4n) is 16.0. The second-order valence-electron chi connectivity index (χ2n) is 20.2. The summed E-state index contributed by atoms with van der Waals surface area (Å²) in [5.74, 6) is 8.54. The van der Waals surface area contributed by atoms with E-state index < -0.39 is 22.8 Å². The van der Waals surface area contributed by atoms with E-state index in [2.05, 4.69) is 39.4 Å². The van der Waals surface area contributed by atoms with Gasteiger partial charge in [-0.1, -0.05) is 40.5 Å². The number of aliphatic carboxylic acids is 2. The van der Waals surface area contributed by atoms with Gasteiger partial charge in [0.1, 0.15) is 0 Å². The molecule has 2 spiro atoms. The van der Waals surface area contributed by atoms with E-state index in [-0.39, 0.29) is 44.3 Å². The Labute approximate surface area is 288 Å². The van der Waals surface area contributed by atoms with Crippen molar-refractivity contribution in [3.63, 3.8) is 0 Å². The van der Waals surface area contributed by atoms with E-state index in [4.69, 9.17) is 10.2 Å². The maximum Gasteiger partial charge on any atom is 0.309 e. The van der Waals surface area contributed by atoms with E-state index in [9.17, 15) is 19.8 Å². The highest BCUT2D eigenvalue weighted by Gasteiger charge is 2.69. The Bertz CT molecular complexity index is 1340. The lowest BCUT2D eigenvalue weighted by atomic mass is 9.40. The number of carboxylic acids is 2. The van der Waals surface area contributed by atoms with Gasteiger partial charge in [0.15, 0.2) is 0 Å². The summed E-state index contributed by atoms with van der Waals surface area (Å²) < 4.78 is 0. The molecule has 268 valence electrons. The molecule has 0 amide bonds. The molecule has 8 aliphatic rings. The van der Waals surface area contributed by atoms with Crippen molar-refractivity contribution in [2.45, 2.75) is 157 Å². The van der Waals surface area contributed by atoms with E-state index >= 15 is 0 Å². The summed E-state index contributed by atoms with van der Waals surface area (Å²) >= 11 is 0. The van der Waals surface area contributed by atoms with Gasteiger partial charge in [0, 0.05) is 22.3 Å². The molecule has 8 nitrogen and oxygen atoms in total. The predicted molar refractivity (Wildman–Crippen MR) is 189 cm³/mol. The lowest BCUT2D eigenvalue weighted by Gasteiger charge is -2.63. The van der Waals surface area contributed by atoms with Gasteiger partial charge in [-0.3, -0.25) is 21.3 Å². The van der Waals surface area contributed by atoms with Crippen LogP contribution in [0.15, 0.2) is 10.2 Å². The molecule has 8 fully saturated rings. The van der Waals surface area contributed by atoms with Gasteiger partial charge in [-0.15, -0.1) is 0 Å². The van der Waals surface area contributed by atoms with Crippen molar-refractivity contribution in [2.75, 3.05) is 0 Å². The van der Waals surface area contributed by atoms with Crippen LogP contribution in [0.1, 0.15) is 157 Å². The maximum absolute atomic E-state index is 12.6. The van der Waals surface area contributed by atoms with Crippen LogP contribution in [0.2, 0.25) is 0 Å². The normalized spacial score (nSPS) is 55.1. The Morgan fingerprint density at radius 3 is 1.27 bits per heavy atom. The third-order valence-electron chi connectivity index (χ3n) is 18.0. The van der Waals surface area contributed by atoms with Crippen LogP contribution in [0.5, 0.6) is 0 Å². The molecule has 8 aliphatic carbocycles. The molecule has 0 saturated heterocycles. The fourth-order valence-corrected chi connectivity index (χ4v) is 16.0. The Hall–Kier alpha value is -1.80. The van der Waals surface area contributed by atoms with Crippen LogP contribution in [-0.2, 0) is 9.59 Å². The van der Waals surface area contributed by atoms with Crippen LogP contribution < -0.4 is 11.7 Å². The molecule has 0 aromatic rings. The Balaban J connectivity index is 0.00000179. The highest BCUT2D eigenvalue weighted by atomic mass is 16.4. The van der Waals surface area contributed by atoms with Gasteiger partial charge >= 0.3 is 11.9 Å². The Morgan fingerprint density at radius 1 is 0.562 bits per heavy atom. The highest BCUT2D eigenvalue weighted by Crippen LogP contribution is 2.75. The summed E-state index contributed by atoms with van der Waals surface area (Å²) in [6.45, 7) is 14.0. The zero-order valence-electron chi connectivity index (χ0n) is 30.8. The van der Waals surface area contributed by atoms with Crippen molar-refractivity contribution < 1.29 is 19.8 Å². The van der Waals surface area contributed by atoms with Crippen LogP contribution in [0, 0.1) is 67.0 Å². The molecule has 12 atom stereocenters. The molecular formula is C40H64N4O4. The third-order valence-corrected chi connectivity index (χ3v) is 18.0. The smallest absolute Gasteiger partial charge is 0.309 e. The minimum Gasteiger partial charge on any atom is -0.481 e. The average Bonchev–Trinajstić information content (AvgIpc) is 3.36. The van der Waals surface area contributed by atoms with Crippen molar-refractivity contribution in [2.24, 2.45) is 88.9 Å². The van der Waals surface area contributed by atoms with Crippen LogP contribution in [0.25, 0.3) is 0 Å². The topological polar surface area (TPSA) is 151 Å². The number of nitrogens with zero attached hydrogens (tertiary/aromatic N) is 2. The standard InChI is InChI=1S/C40H60N2O4.H4N2/c1-33-17-9-27-35(3)13-7-15-37(5,31(43)44)25(35)11-19-39(27,23-33)21-29(33)41-42-30-22-40-20-12-26-36(4,14-8-16-38(26,6)32(45)46)28(40)10-18-34(30,2)24-40;1-2/h25-28H,7-24H2,1-6H3,(H,43,44)(H,45,46);1-2H2/b41-29+,42-30+;/t25-,26-,27-,28-,33-,34-,35+,36+,37+,38+,39-,40-;/m0./s1. The molecule has 0 aromatic heterocycles. The lowest BCUT2D eigenvalue weighted by molar-refractivity contribution is -0.183. The van der Waals surface area contributed by atoms with Crippen molar-refractivity contribution in [3.05, 3.63) is 0 Å². The lowest BCUT2D eigenvalue weighted by Crippen LogP contribution is -2.58. The Morgan fingerprint density at radius 2 is 0.917 bits per heavy atom. The third kappa shape index (κ3) is 4.38. The van der Waals surface area contributed by atoms with Crippen molar-refractivity contribution in [1.82, 2.24) is 0 Å². The summed E-state index contributed by atoms with van der Waals surface area (Å²) in [5.41, 5.74) is 2.39. The summed E-state index contributed by atoms with van der Waals surface area (Å²) in [6, 6.07) is 0. The number of hydrogen-bond donors (Lipinski definition) is 4. The number of carboxylic acid groups (broad SMARTS) is 2. The molecule has 8 saturated carbocycles. The van der Waals surface area contributed by atoms with Gasteiger partial charge in [0.25, 0.3) is 0 Å². The summed E-state index contributed by atoms with van der Waals surface area (Å²) in [7, 11) is 0. The zero-order valence-corrected chi connectivity index (χ0v) is 30.8. The van der Waals surface area contributed by atoms with Gasteiger partial charge < -0.3 is 10.2 Å². The van der Waals surface area contributed by atoms with Crippen LogP contribution in [-0.4, -0.2) is 33.6 Å². The molecule has 8 rings (SSSR count). The van der Waals surface area contributed by atoms with Crippen molar-refractivity contribution >= 4 is 23.4 Å². The largest absolute Gasteiger partial charge is 0.481 e. The number of carbonyl (C=O) groups is 2. The molecule has 8 heteroatoms. The van der Waals surface area contributed by atoms with Crippen LogP contribution >= 0.6 is 0 Å². The average molecular weight is 665 g/mol. The van der Waals surface area contributed by atoms with E-state index in [1.165, 1.54) is 49.9 Å². The Kier molecular flexibility index (Phi) is 7.83. The molecule has 0 aliphatic heterocycles. The maximum atomic E-state index is 12.6. The van der Waals surface area contributed by atoms with E-state index in [0.29, 0.717) is 11.8 Å². The predicted octanol–water partition coefficient (Wildman–Crippen LogP) is 8.38. The summed E-state index contributed by atoms with van der Waals surface area (Å²) in [5, 5.41) is 31.3. The SMILES string of the molecule is C[C@@]12CC[C@@H]3[C@@](CC[C@H]4[C@@]3(C)CCC[C@@]4(C)C(=O)O)(C/C1=N\N=C1/C[C@]34CC[C@H]5[C@@](C)(CCC[C@@]5(C)C(=O)O)[C@@H]3CC[C@@]1(C)C4)C2.NN. The van der Waals surface area contributed by atoms with Crippen LogP contribution in [0.4, 0.5) is 0 Å². The van der Waals surface area contributed by atoms with Crippen LogP contribution in [0.3, 0.4) is 0 Å². The van der Waals surface area contributed by atoms with Gasteiger partial charge in [-0.25, -0.2) is 0 Å². The van der Waals surface area contributed by atoms with Gasteiger partial charge in [-0.2, -0.15) is 10.2 Å². The van der Waals surface area contributed by atoms with Gasteiger partial charge in [0.2, 0.25) is 0 Å². The van der Waals surface area contributed by atoms with Crippen molar-refractivity contribution in [1.29, 1.82) is 0 Å². The van der Waals surface area contributed by atoms with Gasteiger partial charge in [0.05, 0.1) is 10.8 Å². The minimum atomic E-state index is -0.593. The molecular weight excluding hydrogens is 600 g/mol. The second kappa shape index (κ2) is 10.9.